The summed E-state index contributed by atoms with van der Waals surface area (Å²) in [4.78, 5) is 17.3. The fraction of sp³-hybridized carbons (Fsp3) is 0.389. The first-order chi connectivity index (χ1) is 13.2. The molecule has 1 N–H and O–H groups in total. The molecule has 0 aliphatic heterocycles. The molecule has 1 aromatic carbocycles. The third kappa shape index (κ3) is 4.88. The number of rotatable bonds is 10. The maximum Gasteiger partial charge on any atom is 0.277 e. The van der Waals surface area contributed by atoms with Crippen LogP contribution >= 0.6 is 11.8 Å². The lowest BCUT2D eigenvalue weighted by Gasteiger charge is -2.21. The number of carbonyl (C=O) groups is 1. The Bertz CT molecular complexity index is 871. The zero-order valence-electron chi connectivity index (χ0n) is 15.3. The summed E-state index contributed by atoms with van der Waals surface area (Å²) in [6.45, 7) is 1.99. The molecule has 0 radical (unpaired) electrons. The lowest BCUT2D eigenvalue weighted by atomic mass is 10.2. The SMILES string of the molecule is COCCN(CCOC)C(=O)CSc1nnc(-c2c[nH]c3ccccc23)o1. The summed E-state index contributed by atoms with van der Waals surface area (Å²) in [6.07, 6.45) is 1.84. The number of para-hydroxylation sites is 1. The summed E-state index contributed by atoms with van der Waals surface area (Å²) in [6, 6.07) is 7.89. The van der Waals surface area contributed by atoms with E-state index < -0.39 is 0 Å². The van der Waals surface area contributed by atoms with Gasteiger partial charge >= 0.3 is 0 Å². The Morgan fingerprint density at radius 3 is 2.67 bits per heavy atom. The van der Waals surface area contributed by atoms with Crippen molar-refractivity contribution in [3.8, 4) is 11.5 Å². The Hall–Kier alpha value is -2.36. The highest BCUT2D eigenvalue weighted by Crippen LogP contribution is 2.29. The number of methoxy groups -OCH3 is 2. The van der Waals surface area contributed by atoms with Crippen molar-refractivity contribution >= 4 is 28.6 Å². The molecule has 144 valence electrons. The van der Waals surface area contributed by atoms with Crippen molar-refractivity contribution < 1.29 is 18.7 Å². The fourth-order valence-electron chi connectivity index (χ4n) is 2.60. The molecule has 0 saturated carbocycles. The summed E-state index contributed by atoms with van der Waals surface area (Å²) < 4.78 is 15.8. The van der Waals surface area contributed by atoms with Crippen LogP contribution in [0.5, 0.6) is 0 Å². The van der Waals surface area contributed by atoms with Gasteiger partial charge in [-0.15, -0.1) is 10.2 Å². The van der Waals surface area contributed by atoms with Crippen molar-refractivity contribution in [3.63, 3.8) is 0 Å². The number of H-pyrrole nitrogens is 1. The second-order valence-electron chi connectivity index (χ2n) is 5.78. The molecule has 0 saturated heterocycles. The number of thioether (sulfide) groups is 1. The number of aromatic nitrogens is 3. The minimum atomic E-state index is -0.0269. The second kappa shape index (κ2) is 9.54. The van der Waals surface area contributed by atoms with E-state index >= 15 is 0 Å². The molecular weight excluding hydrogens is 368 g/mol. The van der Waals surface area contributed by atoms with Gasteiger partial charge in [0.05, 0.1) is 24.5 Å². The first-order valence-corrected chi connectivity index (χ1v) is 9.50. The minimum absolute atomic E-state index is 0.0269. The van der Waals surface area contributed by atoms with E-state index in [1.807, 2.05) is 30.5 Å². The first-order valence-electron chi connectivity index (χ1n) is 8.51. The molecule has 3 rings (SSSR count). The van der Waals surface area contributed by atoms with Gasteiger partial charge in [-0.3, -0.25) is 4.79 Å². The van der Waals surface area contributed by atoms with Crippen molar-refractivity contribution in [2.75, 3.05) is 46.3 Å². The maximum atomic E-state index is 12.4. The van der Waals surface area contributed by atoms with E-state index in [1.54, 1.807) is 19.1 Å². The molecule has 0 spiro atoms. The Morgan fingerprint density at radius 1 is 1.19 bits per heavy atom. The topological polar surface area (TPSA) is 93.5 Å². The van der Waals surface area contributed by atoms with Crippen molar-refractivity contribution in [1.29, 1.82) is 0 Å². The van der Waals surface area contributed by atoms with Crippen LogP contribution in [0.1, 0.15) is 0 Å². The monoisotopic (exact) mass is 390 g/mol. The predicted octanol–water partition coefficient (Wildman–Crippen LogP) is 2.43. The van der Waals surface area contributed by atoms with Gasteiger partial charge in [0.15, 0.2) is 0 Å². The molecular formula is C18H22N4O4S. The molecule has 0 aliphatic carbocycles. The molecule has 1 amide bonds. The molecule has 0 aliphatic rings. The minimum Gasteiger partial charge on any atom is -0.411 e. The third-order valence-corrected chi connectivity index (χ3v) is 4.83. The fourth-order valence-corrected chi connectivity index (χ4v) is 3.27. The first kappa shape index (κ1) is 19.4. The van der Waals surface area contributed by atoms with Gasteiger partial charge in [-0.25, -0.2) is 0 Å². The molecule has 27 heavy (non-hydrogen) atoms. The number of fused-ring (bicyclic) bond motifs is 1. The predicted molar refractivity (Wildman–Crippen MR) is 103 cm³/mol. The molecule has 8 nitrogen and oxygen atoms in total. The van der Waals surface area contributed by atoms with Gasteiger partial charge in [0, 0.05) is 44.4 Å². The van der Waals surface area contributed by atoms with Crippen molar-refractivity contribution in [2.45, 2.75) is 5.22 Å². The van der Waals surface area contributed by atoms with Crippen molar-refractivity contribution in [3.05, 3.63) is 30.5 Å². The standard InChI is InChI=1S/C18H22N4O4S/c1-24-9-7-22(8-10-25-2)16(23)12-27-18-21-20-17(26-18)14-11-19-15-6-4-3-5-13(14)15/h3-6,11,19H,7-10,12H2,1-2H3. The van der Waals surface area contributed by atoms with Gasteiger partial charge in [0.25, 0.3) is 11.1 Å². The Kier molecular flexibility index (Phi) is 6.86. The summed E-state index contributed by atoms with van der Waals surface area (Å²) in [7, 11) is 3.22. The highest BCUT2D eigenvalue weighted by Gasteiger charge is 2.17. The number of benzene rings is 1. The van der Waals surface area contributed by atoms with Crippen LogP contribution in [0.4, 0.5) is 0 Å². The van der Waals surface area contributed by atoms with E-state index in [0.717, 1.165) is 16.5 Å². The van der Waals surface area contributed by atoms with Crippen LogP contribution in [0.25, 0.3) is 22.4 Å². The zero-order chi connectivity index (χ0) is 19.1. The van der Waals surface area contributed by atoms with E-state index in [1.165, 1.54) is 11.8 Å². The molecule has 2 heterocycles. The van der Waals surface area contributed by atoms with Crippen LogP contribution in [0.2, 0.25) is 0 Å². The molecule has 0 atom stereocenters. The number of ether oxygens (including phenoxy) is 2. The molecule has 0 bridgehead atoms. The van der Waals surface area contributed by atoms with Gasteiger partial charge < -0.3 is 23.8 Å². The van der Waals surface area contributed by atoms with Crippen LogP contribution in [0, 0.1) is 0 Å². The number of hydrogen-bond acceptors (Lipinski definition) is 7. The van der Waals surface area contributed by atoms with Crippen LogP contribution in [-0.4, -0.2) is 72.3 Å². The second-order valence-corrected chi connectivity index (χ2v) is 6.70. The van der Waals surface area contributed by atoms with Crippen LogP contribution in [0.15, 0.2) is 40.1 Å². The Balaban J connectivity index is 1.62. The third-order valence-electron chi connectivity index (χ3n) is 4.03. The van der Waals surface area contributed by atoms with E-state index in [2.05, 4.69) is 15.2 Å². The smallest absolute Gasteiger partial charge is 0.277 e. The average molecular weight is 390 g/mol. The molecule has 2 aromatic heterocycles. The number of amides is 1. The highest BCUT2D eigenvalue weighted by atomic mass is 32.2. The Labute approximate surface area is 161 Å². The Morgan fingerprint density at radius 2 is 1.93 bits per heavy atom. The molecule has 0 unspecified atom stereocenters. The van der Waals surface area contributed by atoms with Crippen molar-refractivity contribution in [2.24, 2.45) is 0 Å². The van der Waals surface area contributed by atoms with E-state index in [-0.39, 0.29) is 11.7 Å². The quantitative estimate of drug-likeness (QED) is 0.531. The number of nitrogens with one attached hydrogen (secondary N) is 1. The number of aromatic amines is 1. The molecule has 3 aromatic rings. The summed E-state index contributed by atoms with van der Waals surface area (Å²) in [5.41, 5.74) is 1.85. The number of nitrogens with zero attached hydrogens (tertiary/aromatic N) is 3. The van der Waals surface area contributed by atoms with Gasteiger partial charge in [-0.2, -0.15) is 0 Å². The number of carbonyl (C=O) groups excluding carboxylic acids is 1. The summed E-state index contributed by atoms with van der Waals surface area (Å²) in [5.74, 6) is 0.613. The van der Waals surface area contributed by atoms with E-state index in [0.29, 0.717) is 37.4 Å². The van der Waals surface area contributed by atoms with Crippen LogP contribution in [0.3, 0.4) is 0 Å². The van der Waals surface area contributed by atoms with Crippen LogP contribution in [-0.2, 0) is 14.3 Å². The lowest BCUT2D eigenvalue weighted by molar-refractivity contribution is -0.129. The maximum absolute atomic E-state index is 12.4. The van der Waals surface area contributed by atoms with Gasteiger partial charge in [-0.1, -0.05) is 30.0 Å². The summed E-state index contributed by atoms with van der Waals surface area (Å²) >= 11 is 1.22. The zero-order valence-corrected chi connectivity index (χ0v) is 16.1. The van der Waals surface area contributed by atoms with Gasteiger partial charge in [0.1, 0.15) is 0 Å². The molecule has 0 fully saturated rings. The van der Waals surface area contributed by atoms with Gasteiger partial charge in [-0.05, 0) is 6.07 Å². The average Bonchev–Trinajstić information content (AvgIpc) is 3.33. The largest absolute Gasteiger partial charge is 0.411 e. The summed E-state index contributed by atoms with van der Waals surface area (Å²) in [5, 5.41) is 9.53. The highest BCUT2D eigenvalue weighted by molar-refractivity contribution is 7.99. The van der Waals surface area contributed by atoms with Crippen LogP contribution < -0.4 is 0 Å². The van der Waals surface area contributed by atoms with E-state index in [4.69, 9.17) is 13.9 Å². The normalized spacial score (nSPS) is 11.2. The lowest BCUT2D eigenvalue weighted by Crippen LogP contribution is -2.37. The van der Waals surface area contributed by atoms with Gasteiger partial charge in [0.2, 0.25) is 5.91 Å². The van der Waals surface area contributed by atoms with E-state index in [9.17, 15) is 4.79 Å². The number of hydrogen-bond donors (Lipinski definition) is 1. The molecule has 9 heteroatoms. The van der Waals surface area contributed by atoms with Crippen molar-refractivity contribution in [1.82, 2.24) is 20.1 Å².